The quantitative estimate of drug-likeness (QED) is 0.437. The van der Waals surface area contributed by atoms with Gasteiger partial charge < -0.3 is 25.2 Å². The third-order valence-electron chi connectivity index (χ3n) is 4.62. The van der Waals surface area contributed by atoms with Gasteiger partial charge in [-0.3, -0.25) is 0 Å². The van der Waals surface area contributed by atoms with Crippen LogP contribution in [-0.2, 0) is 24.3 Å². The Balaban J connectivity index is 2.01. The lowest BCUT2D eigenvalue weighted by Crippen LogP contribution is -2.74. The molecule has 0 aromatic carbocycles. The number of aliphatic hydroxyl groups excluding tert-OH is 3. The van der Waals surface area contributed by atoms with Gasteiger partial charge in [0, 0.05) is 19.3 Å². The predicted octanol–water partition coefficient (Wildman–Crippen LogP) is -2.01. The normalized spacial score (nSPS) is 46.3. The highest BCUT2D eigenvalue weighted by Gasteiger charge is 2.75. The van der Waals surface area contributed by atoms with Crippen LogP contribution in [0.3, 0.4) is 0 Å². The zero-order valence-electron chi connectivity index (χ0n) is 11.4. The molecule has 5 atom stereocenters. The van der Waals surface area contributed by atoms with Crippen LogP contribution < -0.4 is 0 Å². The Kier molecular flexibility index (Phi) is 3.97. The summed E-state index contributed by atoms with van der Waals surface area (Å²) in [6.07, 6.45) is -2.75. The van der Waals surface area contributed by atoms with E-state index in [0.717, 1.165) is 0 Å². The molecule has 9 heteroatoms. The van der Waals surface area contributed by atoms with Gasteiger partial charge in [0.05, 0.1) is 26.4 Å². The van der Waals surface area contributed by atoms with Gasteiger partial charge in [0.1, 0.15) is 17.8 Å². The van der Waals surface area contributed by atoms with Crippen molar-refractivity contribution >= 4 is 0 Å². The van der Waals surface area contributed by atoms with Crippen molar-refractivity contribution < 1.29 is 44.7 Å². The Labute approximate surface area is 120 Å². The zero-order chi connectivity index (χ0) is 15.1. The van der Waals surface area contributed by atoms with Crippen LogP contribution in [-0.4, -0.2) is 76.1 Å². The van der Waals surface area contributed by atoms with E-state index in [4.69, 9.17) is 29.4 Å². The average Bonchev–Trinajstić information content (AvgIpc) is 3.11. The maximum atomic E-state index is 11.1. The molecular formula is C12H20O9. The summed E-state index contributed by atoms with van der Waals surface area (Å²) in [4.78, 5) is 20.5. The van der Waals surface area contributed by atoms with E-state index in [1.165, 1.54) is 0 Å². The SMILES string of the molecule is OC[C@@H](O)[C@@H](O)[C@@]1(O)CCOO[C@]12CCOC21CCOO1. The van der Waals surface area contributed by atoms with Gasteiger partial charge in [0.25, 0.3) is 0 Å². The van der Waals surface area contributed by atoms with E-state index in [-0.39, 0.29) is 39.1 Å². The molecule has 0 aromatic heterocycles. The lowest BCUT2D eigenvalue weighted by atomic mass is 9.68. The van der Waals surface area contributed by atoms with Crippen molar-refractivity contribution in [2.24, 2.45) is 0 Å². The summed E-state index contributed by atoms with van der Waals surface area (Å²) in [7, 11) is 0. The molecule has 0 saturated carbocycles. The third kappa shape index (κ3) is 1.97. The summed E-state index contributed by atoms with van der Waals surface area (Å²) in [5.74, 6) is -1.42. The minimum Gasteiger partial charge on any atom is -0.394 e. The third-order valence-corrected chi connectivity index (χ3v) is 4.62. The van der Waals surface area contributed by atoms with Crippen molar-refractivity contribution in [1.82, 2.24) is 0 Å². The molecule has 9 nitrogen and oxygen atoms in total. The molecule has 2 spiro atoms. The molecule has 0 aliphatic carbocycles. The maximum Gasteiger partial charge on any atom is 0.239 e. The summed E-state index contributed by atoms with van der Waals surface area (Å²) < 4.78 is 5.59. The Morgan fingerprint density at radius 3 is 2.33 bits per heavy atom. The maximum absolute atomic E-state index is 11.1. The molecule has 3 aliphatic rings. The van der Waals surface area contributed by atoms with Gasteiger partial charge in [-0.05, 0) is 0 Å². The van der Waals surface area contributed by atoms with E-state index in [1.54, 1.807) is 0 Å². The average molecular weight is 308 g/mol. The number of hydrogen-bond donors (Lipinski definition) is 4. The first-order valence-corrected chi connectivity index (χ1v) is 6.96. The molecule has 21 heavy (non-hydrogen) atoms. The molecule has 4 N–H and O–H groups in total. The summed E-state index contributed by atoms with van der Waals surface area (Å²) >= 11 is 0. The van der Waals surface area contributed by atoms with E-state index in [2.05, 4.69) is 0 Å². The van der Waals surface area contributed by atoms with Gasteiger partial charge in [-0.25, -0.2) is 14.7 Å². The minimum absolute atomic E-state index is 0.0142. The van der Waals surface area contributed by atoms with Crippen LogP contribution in [0.2, 0.25) is 0 Å². The molecular weight excluding hydrogens is 288 g/mol. The fraction of sp³-hybridized carbons (Fsp3) is 1.00. The largest absolute Gasteiger partial charge is 0.394 e. The highest BCUT2D eigenvalue weighted by molar-refractivity contribution is 5.17. The molecule has 0 bridgehead atoms. The molecule has 0 aromatic rings. The summed E-state index contributed by atoms with van der Waals surface area (Å²) in [5.41, 5.74) is -3.47. The van der Waals surface area contributed by atoms with Crippen molar-refractivity contribution in [1.29, 1.82) is 0 Å². The number of aliphatic hydroxyl groups is 4. The highest BCUT2D eigenvalue weighted by atomic mass is 17.3. The molecule has 3 saturated heterocycles. The molecule has 3 heterocycles. The van der Waals surface area contributed by atoms with Crippen molar-refractivity contribution in [3.05, 3.63) is 0 Å². The Bertz CT molecular complexity index is 379. The first kappa shape index (κ1) is 15.5. The second-order valence-corrected chi connectivity index (χ2v) is 5.61. The van der Waals surface area contributed by atoms with Crippen LogP contribution in [0, 0.1) is 0 Å². The van der Waals surface area contributed by atoms with Gasteiger partial charge in [-0.1, -0.05) is 0 Å². The topological polar surface area (TPSA) is 127 Å². The molecule has 3 aliphatic heterocycles. The second kappa shape index (κ2) is 5.37. The summed E-state index contributed by atoms with van der Waals surface area (Å²) in [5, 5.41) is 40.2. The lowest BCUT2D eigenvalue weighted by molar-refractivity contribution is -0.505. The van der Waals surface area contributed by atoms with Crippen LogP contribution >= 0.6 is 0 Å². The monoisotopic (exact) mass is 308 g/mol. The smallest absolute Gasteiger partial charge is 0.239 e. The first-order valence-electron chi connectivity index (χ1n) is 6.96. The molecule has 1 unspecified atom stereocenters. The molecule has 122 valence electrons. The van der Waals surface area contributed by atoms with E-state index < -0.39 is 35.8 Å². The van der Waals surface area contributed by atoms with Crippen molar-refractivity contribution in [3.63, 3.8) is 0 Å². The van der Waals surface area contributed by atoms with E-state index in [9.17, 15) is 15.3 Å². The van der Waals surface area contributed by atoms with E-state index in [1.807, 2.05) is 0 Å². The van der Waals surface area contributed by atoms with Gasteiger partial charge in [-0.15, -0.1) is 0 Å². The van der Waals surface area contributed by atoms with Gasteiger partial charge >= 0.3 is 0 Å². The van der Waals surface area contributed by atoms with Gasteiger partial charge in [0.15, 0.2) is 5.60 Å². The summed E-state index contributed by atoms with van der Waals surface area (Å²) in [6.45, 7) is -0.243. The molecule has 0 amide bonds. The molecule has 3 fully saturated rings. The van der Waals surface area contributed by atoms with E-state index >= 15 is 0 Å². The van der Waals surface area contributed by atoms with Crippen molar-refractivity contribution in [2.75, 3.05) is 26.4 Å². The molecule has 3 rings (SSSR count). The van der Waals surface area contributed by atoms with Crippen LogP contribution in [0.15, 0.2) is 0 Å². The first-order chi connectivity index (χ1) is 10.0. The Hall–Kier alpha value is -0.360. The highest BCUT2D eigenvalue weighted by Crippen LogP contribution is 2.55. The second-order valence-electron chi connectivity index (χ2n) is 5.61. The number of hydrogen-bond acceptors (Lipinski definition) is 9. The van der Waals surface area contributed by atoms with Crippen molar-refractivity contribution in [3.8, 4) is 0 Å². The predicted molar refractivity (Wildman–Crippen MR) is 63.4 cm³/mol. The summed E-state index contributed by atoms with van der Waals surface area (Å²) in [6, 6.07) is 0. The van der Waals surface area contributed by atoms with Crippen LogP contribution in [0.1, 0.15) is 19.3 Å². The standard InChI is InChI=1S/C12H20O9/c13-7-8(14)9(15)10(16)1-5-18-20-11(10)2-4-17-12(11)3-6-19-21-12/h8-9,13-16H,1-7H2/t8-,9-,10+,11-,12?/m1/s1. The number of ether oxygens (including phenoxy) is 1. The zero-order valence-corrected chi connectivity index (χ0v) is 11.4. The van der Waals surface area contributed by atoms with E-state index in [0.29, 0.717) is 0 Å². The molecule has 0 radical (unpaired) electrons. The fourth-order valence-electron chi connectivity index (χ4n) is 3.46. The van der Waals surface area contributed by atoms with Crippen LogP contribution in [0.5, 0.6) is 0 Å². The minimum atomic E-state index is -1.92. The fourth-order valence-corrected chi connectivity index (χ4v) is 3.46. The van der Waals surface area contributed by atoms with Crippen LogP contribution in [0.4, 0.5) is 0 Å². The lowest BCUT2D eigenvalue weighted by Gasteiger charge is -2.53. The number of fused-ring (bicyclic) bond motifs is 1. The van der Waals surface area contributed by atoms with Gasteiger partial charge in [0.2, 0.25) is 5.79 Å². The Morgan fingerprint density at radius 1 is 0.952 bits per heavy atom. The Morgan fingerprint density at radius 2 is 1.67 bits per heavy atom. The van der Waals surface area contributed by atoms with Crippen molar-refractivity contribution in [2.45, 2.75) is 48.5 Å². The van der Waals surface area contributed by atoms with Crippen LogP contribution in [0.25, 0.3) is 0 Å². The number of rotatable bonds is 3. The van der Waals surface area contributed by atoms with Gasteiger partial charge in [-0.2, -0.15) is 4.89 Å².